The first-order chi connectivity index (χ1) is 15.8. The molecule has 166 valence electrons. The number of hydrogen-bond acceptors (Lipinski definition) is 7. The Labute approximate surface area is 190 Å². The number of hydrogen-bond donors (Lipinski definition) is 2. The number of ether oxygens (including phenoxy) is 1. The monoisotopic (exact) mass is 452 g/mol. The molecule has 0 unspecified atom stereocenters. The number of H-pyrrole nitrogens is 1. The Morgan fingerprint density at radius 2 is 1.91 bits per heavy atom. The van der Waals surface area contributed by atoms with Crippen LogP contribution in [0.1, 0.15) is 25.7 Å². The average molecular weight is 453 g/mol. The molecule has 4 aromatic heterocycles. The van der Waals surface area contributed by atoms with E-state index in [9.17, 15) is 0 Å². The summed E-state index contributed by atoms with van der Waals surface area (Å²) in [6.07, 6.45) is 9.79. The van der Waals surface area contributed by atoms with Crippen molar-refractivity contribution in [3.63, 3.8) is 0 Å². The summed E-state index contributed by atoms with van der Waals surface area (Å²) in [7, 11) is 0. The first kappa shape index (κ1) is 19.9. The second kappa shape index (κ2) is 8.31. The third kappa shape index (κ3) is 3.60. The maximum atomic E-state index is 6.23. The van der Waals surface area contributed by atoms with Gasteiger partial charge in [-0.25, -0.2) is 19.5 Å². The fourth-order valence-electron chi connectivity index (χ4n) is 4.98. The Hall–Kier alpha value is -2.75. The minimum absolute atomic E-state index is 0.395. The van der Waals surface area contributed by atoms with Gasteiger partial charge in [-0.15, -0.1) is 0 Å². The molecule has 10 heteroatoms. The van der Waals surface area contributed by atoms with Gasteiger partial charge < -0.3 is 15.0 Å². The van der Waals surface area contributed by atoms with E-state index in [0.29, 0.717) is 22.9 Å². The molecule has 2 aliphatic rings. The van der Waals surface area contributed by atoms with Crippen LogP contribution in [0.15, 0.2) is 30.9 Å². The summed E-state index contributed by atoms with van der Waals surface area (Å²) in [5, 5.41) is 9.81. The highest BCUT2D eigenvalue weighted by Crippen LogP contribution is 2.33. The van der Waals surface area contributed by atoms with Crippen molar-refractivity contribution < 1.29 is 4.74 Å². The number of fused-ring (bicyclic) bond motifs is 2. The van der Waals surface area contributed by atoms with Crippen molar-refractivity contribution in [2.75, 3.05) is 31.6 Å². The lowest BCUT2D eigenvalue weighted by Crippen LogP contribution is -2.46. The van der Waals surface area contributed by atoms with E-state index in [4.69, 9.17) is 16.3 Å². The number of anilines is 1. The summed E-state index contributed by atoms with van der Waals surface area (Å²) < 4.78 is 7.15. The first-order valence-electron chi connectivity index (χ1n) is 11.2. The quantitative estimate of drug-likeness (QED) is 0.490. The van der Waals surface area contributed by atoms with Crippen molar-refractivity contribution in [3.05, 3.63) is 36.0 Å². The van der Waals surface area contributed by atoms with Crippen LogP contribution in [0.5, 0.6) is 0 Å². The van der Waals surface area contributed by atoms with Crippen molar-refractivity contribution >= 4 is 34.1 Å². The molecule has 0 spiro atoms. The highest BCUT2D eigenvalue weighted by atomic mass is 35.5. The van der Waals surface area contributed by atoms with Gasteiger partial charge in [0.05, 0.1) is 30.5 Å². The number of halogens is 1. The molecular weight excluding hydrogens is 428 g/mol. The van der Waals surface area contributed by atoms with E-state index in [1.165, 1.54) is 12.8 Å². The van der Waals surface area contributed by atoms with Crippen molar-refractivity contribution in [2.45, 2.75) is 37.8 Å². The van der Waals surface area contributed by atoms with Crippen LogP contribution in [0, 0.1) is 0 Å². The van der Waals surface area contributed by atoms with E-state index in [-0.39, 0.29) is 0 Å². The van der Waals surface area contributed by atoms with E-state index in [0.717, 1.165) is 67.3 Å². The molecule has 1 aliphatic heterocycles. The molecule has 1 aliphatic carbocycles. The second-order valence-electron chi connectivity index (χ2n) is 8.52. The zero-order chi connectivity index (χ0) is 21.5. The predicted octanol–water partition coefficient (Wildman–Crippen LogP) is 3.38. The van der Waals surface area contributed by atoms with Gasteiger partial charge in [0.1, 0.15) is 17.8 Å². The Balaban J connectivity index is 1.25. The van der Waals surface area contributed by atoms with Crippen molar-refractivity contribution in [1.82, 2.24) is 34.4 Å². The highest BCUT2D eigenvalue weighted by molar-refractivity contribution is 6.29. The Morgan fingerprint density at radius 1 is 1.06 bits per heavy atom. The van der Waals surface area contributed by atoms with Gasteiger partial charge in [-0.1, -0.05) is 11.6 Å². The average Bonchev–Trinajstić information content (AvgIpc) is 3.44. The third-order valence-corrected chi connectivity index (χ3v) is 6.92. The van der Waals surface area contributed by atoms with Crippen molar-refractivity contribution in [2.24, 2.45) is 0 Å². The summed E-state index contributed by atoms with van der Waals surface area (Å²) in [5.41, 5.74) is 3.23. The van der Waals surface area contributed by atoms with Gasteiger partial charge in [0.2, 0.25) is 0 Å². The van der Waals surface area contributed by atoms with Crippen LogP contribution in [0.4, 0.5) is 5.82 Å². The molecule has 1 saturated carbocycles. The van der Waals surface area contributed by atoms with Crippen molar-refractivity contribution in [1.29, 1.82) is 0 Å². The summed E-state index contributed by atoms with van der Waals surface area (Å²) in [6, 6.07) is 4.93. The lowest BCUT2D eigenvalue weighted by atomic mass is 9.90. The van der Waals surface area contributed by atoms with Crippen LogP contribution in [0.25, 0.3) is 27.9 Å². The molecule has 5 heterocycles. The fourth-order valence-corrected chi connectivity index (χ4v) is 5.16. The Morgan fingerprint density at radius 3 is 2.75 bits per heavy atom. The molecule has 1 saturated heterocycles. The van der Waals surface area contributed by atoms with Gasteiger partial charge in [0, 0.05) is 36.9 Å². The zero-order valence-corrected chi connectivity index (χ0v) is 18.4. The van der Waals surface area contributed by atoms with Crippen LogP contribution in [-0.4, -0.2) is 72.8 Å². The summed E-state index contributed by atoms with van der Waals surface area (Å²) in [6.45, 7) is 3.83. The molecular formula is C22H25ClN8O. The second-order valence-corrected chi connectivity index (χ2v) is 8.90. The standard InChI is InChI=1S/C22H25ClN8O/c23-18-12-24-19-6-5-17(29-31(18)19)16-11-25-21-20(16)22(27-13-26-21)28-14-1-3-15(4-2-14)30-7-9-32-10-8-30/h5-6,11-15H,1-4,7-10H2,(H2,25,26,27,28)/t14-,15-. The van der Waals surface area contributed by atoms with Crippen LogP contribution in [0.3, 0.4) is 0 Å². The number of imidazole rings is 1. The molecule has 0 amide bonds. The van der Waals surface area contributed by atoms with Gasteiger partial charge in [-0.2, -0.15) is 5.10 Å². The molecule has 0 atom stereocenters. The fraction of sp³-hybridized carbons (Fsp3) is 0.455. The van der Waals surface area contributed by atoms with Crippen LogP contribution >= 0.6 is 11.6 Å². The maximum Gasteiger partial charge on any atom is 0.155 e. The van der Waals surface area contributed by atoms with E-state index >= 15 is 0 Å². The SMILES string of the molecule is Clc1cnc2ccc(-c3c[nH]c4ncnc(N[C@H]5CC[C@H](N6CCOCC6)CC5)c34)nn12. The van der Waals surface area contributed by atoms with Crippen molar-refractivity contribution in [3.8, 4) is 11.3 Å². The number of aromatic nitrogens is 6. The molecule has 0 radical (unpaired) electrons. The van der Waals surface area contributed by atoms with Gasteiger partial charge in [0.15, 0.2) is 10.8 Å². The lowest BCUT2D eigenvalue weighted by molar-refractivity contribution is 0.00791. The minimum Gasteiger partial charge on any atom is -0.379 e. The highest BCUT2D eigenvalue weighted by Gasteiger charge is 2.27. The summed E-state index contributed by atoms with van der Waals surface area (Å²) in [5.74, 6) is 0.847. The number of nitrogens with one attached hydrogen (secondary N) is 2. The van der Waals surface area contributed by atoms with Gasteiger partial charge >= 0.3 is 0 Å². The van der Waals surface area contributed by atoms with E-state index < -0.39 is 0 Å². The molecule has 9 nitrogen and oxygen atoms in total. The smallest absolute Gasteiger partial charge is 0.155 e. The largest absolute Gasteiger partial charge is 0.379 e. The number of aromatic amines is 1. The maximum absolute atomic E-state index is 6.23. The topological polar surface area (TPSA) is 96.3 Å². The molecule has 4 aromatic rings. The van der Waals surface area contributed by atoms with Crippen LogP contribution < -0.4 is 5.32 Å². The number of morpholine rings is 1. The number of nitrogens with zero attached hydrogens (tertiary/aromatic N) is 6. The molecule has 32 heavy (non-hydrogen) atoms. The summed E-state index contributed by atoms with van der Waals surface area (Å²) >= 11 is 6.23. The molecule has 2 fully saturated rings. The number of rotatable bonds is 4. The van der Waals surface area contributed by atoms with Gasteiger partial charge in [0.25, 0.3) is 0 Å². The minimum atomic E-state index is 0.395. The predicted molar refractivity (Wildman–Crippen MR) is 123 cm³/mol. The van der Waals surface area contributed by atoms with Gasteiger partial charge in [-0.05, 0) is 37.8 Å². The van der Waals surface area contributed by atoms with E-state index in [1.54, 1.807) is 17.0 Å². The van der Waals surface area contributed by atoms with Crippen LogP contribution in [-0.2, 0) is 4.74 Å². The van der Waals surface area contributed by atoms with Gasteiger partial charge in [-0.3, -0.25) is 4.90 Å². The van der Waals surface area contributed by atoms with Crippen LogP contribution in [0.2, 0.25) is 5.15 Å². The molecule has 6 rings (SSSR count). The molecule has 2 N–H and O–H groups in total. The Kier molecular flexibility index (Phi) is 5.17. The normalized spacial score (nSPS) is 22.5. The lowest BCUT2D eigenvalue weighted by Gasteiger charge is -2.39. The molecule has 0 bridgehead atoms. The molecule has 0 aromatic carbocycles. The van der Waals surface area contributed by atoms with E-state index in [2.05, 4.69) is 35.3 Å². The summed E-state index contributed by atoms with van der Waals surface area (Å²) in [4.78, 5) is 19.1. The van der Waals surface area contributed by atoms with E-state index in [1.807, 2.05) is 18.3 Å². The third-order valence-electron chi connectivity index (χ3n) is 6.67. The first-order valence-corrected chi connectivity index (χ1v) is 11.5. The Bertz CT molecular complexity index is 1240. The zero-order valence-electron chi connectivity index (χ0n) is 17.7.